The van der Waals surface area contributed by atoms with Crippen LogP contribution in [-0.4, -0.2) is 25.3 Å². The van der Waals surface area contributed by atoms with Gasteiger partial charge in [0.15, 0.2) is 0 Å². The van der Waals surface area contributed by atoms with Crippen molar-refractivity contribution < 1.29 is 22.7 Å². The fraction of sp³-hybridized carbons (Fsp3) is 0.900. The molecule has 0 saturated heterocycles. The van der Waals surface area contributed by atoms with E-state index in [-0.39, 0.29) is 26.0 Å². The zero-order valence-corrected chi connectivity index (χ0v) is 9.56. The van der Waals surface area contributed by atoms with Crippen LogP contribution in [0.25, 0.3) is 0 Å². The largest absolute Gasteiger partial charge is 0.466 e. The summed E-state index contributed by atoms with van der Waals surface area (Å²) in [5.74, 6) is -0.528. The zero-order valence-electron chi connectivity index (χ0n) is 9.56. The van der Waals surface area contributed by atoms with E-state index in [4.69, 9.17) is 10.5 Å². The SMILES string of the molecule is CCOC(=O)C(C)(CN)CCCC(F)(F)F. The summed E-state index contributed by atoms with van der Waals surface area (Å²) in [4.78, 5) is 11.5. The summed E-state index contributed by atoms with van der Waals surface area (Å²) < 4.78 is 40.6. The molecule has 16 heavy (non-hydrogen) atoms. The Bertz CT molecular complexity index is 231. The number of halogens is 3. The predicted octanol–water partition coefficient (Wildman–Crippen LogP) is 2.25. The second kappa shape index (κ2) is 6.08. The van der Waals surface area contributed by atoms with Crippen molar-refractivity contribution in [1.29, 1.82) is 0 Å². The van der Waals surface area contributed by atoms with Gasteiger partial charge in [0.1, 0.15) is 0 Å². The van der Waals surface area contributed by atoms with Gasteiger partial charge < -0.3 is 10.5 Å². The molecule has 6 heteroatoms. The van der Waals surface area contributed by atoms with Crippen molar-refractivity contribution in [3.05, 3.63) is 0 Å². The second-order valence-corrected chi connectivity index (χ2v) is 3.95. The minimum atomic E-state index is -4.19. The van der Waals surface area contributed by atoms with Crippen LogP contribution >= 0.6 is 0 Å². The van der Waals surface area contributed by atoms with Crippen molar-refractivity contribution in [1.82, 2.24) is 0 Å². The lowest BCUT2D eigenvalue weighted by Gasteiger charge is -2.25. The molecule has 0 bridgehead atoms. The van der Waals surface area contributed by atoms with Gasteiger partial charge in [-0.05, 0) is 26.7 Å². The molecule has 0 aromatic carbocycles. The number of carbonyl (C=O) groups is 1. The molecule has 2 N–H and O–H groups in total. The first-order chi connectivity index (χ1) is 7.25. The van der Waals surface area contributed by atoms with Crippen molar-refractivity contribution in [2.45, 2.75) is 39.3 Å². The van der Waals surface area contributed by atoms with E-state index in [0.29, 0.717) is 0 Å². The maximum atomic E-state index is 11.9. The van der Waals surface area contributed by atoms with Gasteiger partial charge in [0.2, 0.25) is 0 Å². The van der Waals surface area contributed by atoms with Gasteiger partial charge in [-0.2, -0.15) is 13.2 Å². The lowest BCUT2D eigenvalue weighted by atomic mass is 9.85. The lowest BCUT2D eigenvalue weighted by molar-refractivity contribution is -0.156. The Morgan fingerprint density at radius 2 is 1.88 bits per heavy atom. The standard InChI is InChI=1S/C10H18F3NO2/c1-3-16-8(15)9(2,7-14)5-4-6-10(11,12)13/h3-7,14H2,1-2H3. The number of rotatable bonds is 6. The Labute approximate surface area is 93.1 Å². The van der Waals surface area contributed by atoms with Crippen LogP contribution in [0, 0.1) is 5.41 Å². The Morgan fingerprint density at radius 3 is 2.25 bits per heavy atom. The lowest BCUT2D eigenvalue weighted by Crippen LogP contribution is -2.37. The van der Waals surface area contributed by atoms with Crippen LogP contribution in [0.15, 0.2) is 0 Å². The number of carbonyl (C=O) groups excluding carboxylic acids is 1. The first kappa shape index (κ1) is 15.2. The average molecular weight is 241 g/mol. The topological polar surface area (TPSA) is 52.3 Å². The van der Waals surface area contributed by atoms with E-state index >= 15 is 0 Å². The third-order valence-corrected chi connectivity index (χ3v) is 2.41. The molecule has 0 aliphatic heterocycles. The second-order valence-electron chi connectivity index (χ2n) is 3.95. The van der Waals surface area contributed by atoms with Gasteiger partial charge in [-0.25, -0.2) is 0 Å². The van der Waals surface area contributed by atoms with Gasteiger partial charge in [0.25, 0.3) is 0 Å². The molecular formula is C10H18F3NO2. The number of hydrogen-bond acceptors (Lipinski definition) is 3. The van der Waals surface area contributed by atoms with E-state index in [1.807, 2.05) is 0 Å². The molecule has 0 radical (unpaired) electrons. The molecule has 0 fully saturated rings. The van der Waals surface area contributed by atoms with Crippen LogP contribution < -0.4 is 5.73 Å². The summed E-state index contributed by atoms with van der Waals surface area (Å²) in [6, 6.07) is 0. The van der Waals surface area contributed by atoms with Crippen LogP contribution in [0.3, 0.4) is 0 Å². The van der Waals surface area contributed by atoms with Gasteiger partial charge in [-0.15, -0.1) is 0 Å². The molecule has 96 valence electrons. The van der Waals surface area contributed by atoms with Crippen LogP contribution in [0.2, 0.25) is 0 Å². The van der Waals surface area contributed by atoms with Crippen LogP contribution in [0.5, 0.6) is 0 Å². The Hall–Kier alpha value is -0.780. The Balaban J connectivity index is 4.22. The summed E-state index contributed by atoms with van der Waals surface area (Å²) in [5, 5.41) is 0. The highest BCUT2D eigenvalue weighted by molar-refractivity contribution is 5.76. The first-order valence-corrected chi connectivity index (χ1v) is 5.19. The zero-order chi connectivity index (χ0) is 12.8. The maximum absolute atomic E-state index is 11.9. The summed E-state index contributed by atoms with van der Waals surface area (Å²) >= 11 is 0. The number of hydrogen-bond donors (Lipinski definition) is 1. The molecule has 3 nitrogen and oxygen atoms in total. The number of nitrogens with two attached hydrogens (primary N) is 1. The van der Waals surface area contributed by atoms with E-state index in [1.165, 1.54) is 6.92 Å². The van der Waals surface area contributed by atoms with E-state index in [2.05, 4.69) is 0 Å². The molecule has 0 aromatic rings. The molecule has 0 saturated carbocycles. The molecule has 0 heterocycles. The number of esters is 1. The number of alkyl halides is 3. The van der Waals surface area contributed by atoms with Crippen LogP contribution in [-0.2, 0) is 9.53 Å². The fourth-order valence-electron chi connectivity index (χ4n) is 1.27. The van der Waals surface area contributed by atoms with Gasteiger partial charge in [-0.3, -0.25) is 4.79 Å². The van der Waals surface area contributed by atoms with E-state index in [0.717, 1.165) is 0 Å². The van der Waals surface area contributed by atoms with Crippen molar-refractivity contribution in [3.8, 4) is 0 Å². The van der Waals surface area contributed by atoms with E-state index < -0.39 is 24.0 Å². The highest BCUT2D eigenvalue weighted by Crippen LogP contribution is 2.29. The van der Waals surface area contributed by atoms with Crippen LogP contribution in [0.4, 0.5) is 13.2 Å². The molecule has 0 aliphatic rings. The van der Waals surface area contributed by atoms with E-state index in [1.54, 1.807) is 6.92 Å². The maximum Gasteiger partial charge on any atom is 0.389 e. The van der Waals surface area contributed by atoms with Gasteiger partial charge in [0, 0.05) is 13.0 Å². The predicted molar refractivity (Wildman–Crippen MR) is 53.7 cm³/mol. The molecule has 0 amide bonds. The molecule has 1 atom stereocenters. The van der Waals surface area contributed by atoms with Crippen molar-refractivity contribution in [3.63, 3.8) is 0 Å². The third kappa shape index (κ3) is 5.34. The smallest absolute Gasteiger partial charge is 0.389 e. The van der Waals surface area contributed by atoms with Crippen LogP contribution in [0.1, 0.15) is 33.1 Å². The highest BCUT2D eigenvalue weighted by Gasteiger charge is 2.35. The van der Waals surface area contributed by atoms with Gasteiger partial charge in [0.05, 0.1) is 12.0 Å². The number of ether oxygens (including phenoxy) is 1. The molecule has 0 rings (SSSR count). The quantitative estimate of drug-likeness (QED) is 0.725. The van der Waals surface area contributed by atoms with Crippen molar-refractivity contribution in [2.24, 2.45) is 11.1 Å². The van der Waals surface area contributed by atoms with E-state index in [9.17, 15) is 18.0 Å². The highest BCUT2D eigenvalue weighted by atomic mass is 19.4. The van der Waals surface area contributed by atoms with Crippen molar-refractivity contribution >= 4 is 5.97 Å². The monoisotopic (exact) mass is 241 g/mol. The summed E-state index contributed by atoms with van der Waals surface area (Å²) in [7, 11) is 0. The van der Waals surface area contributed by atoms with Crippen molar-refractivity contribution in [2.75, 3.05) is 13.2 Å². The minimum Gasteiger partial charge on any atom is -0.466 e. The first-order valence-electron chi connectivity index (χ1n) is 5.19. The fourth-order valence-corrected chi connectivity index (χ4v) is 1.27. The minimum absolute atomic E-state index is 0.0102. The third-order valence-electron chi connectivity index (χ3n) is 2.41. The molecule has 0 spiro atoms. The molecule has 0 aromatic heterocycles. The molecule has 1 unspecified atom stereocenters. The van der Waals surface area contributed by atoms with Gasteiger partial charge in [-0.1, -0.05) is 0 Å². The Morgan fingerprint density at radius 1 is 1.31 bits per heavy atom. The average Bonchev–Trinajstić information content (AvgIpc) is 2.15. The Kier molecular flexibility index (Phi) is 5.78. The molecule has 0 aliphatic carbocycles. The summed E-state index contributed by atoms with van der Waals surface area (Å²) in [6.45, 7) is 3.36. The normalized spacial score (nSPS) is 15.6. The van der Waals surface area contributed by atoms with Gasteiger partial charge >= 0.3 is 12.1 Å². The molecular weight excluding hydrogens is 223 g/mol. The summed E-state index contributed by atoms with van der Waals surface area (Å²) in [5.41, 5.74) is 4.39. The summed E-state index contributed by atoms with van der Waals surface area (Å²) in [6.07, 6.45) is -5.12.